The second kappa shape index (κ2) is 6.78. The van der Waals surface area contributed by atoms with Gasteiger partial charge in [0, 0.05) is 12.2 Å². The van der Waals surface area contributed by atoms with Crippen molar-refractivity contribution in [3.63, 3.8) is 0 Å². The lowest BCUT2D eigenvalue weighted by Crippen LogP contribution is -2.19. The van der Waals surface area contributed by atoms with Gasteiger partial charge < -0.3 is 5.32 Å². The molecule has 102 valence electrons. The zero-order valence-electron chi connectivity index (χ0n) is 11.4. The molecule has 0 fully saturated rings. The van der Waals surface area contributed by atoms with Crippen LogP contribution in [0.5, 0.6) is 0 Å². The van der Waals surface area contributed by atoms with Crippen molar-refractivity contribution in [2.75, 3.05) is 23.4 Å². The molecule has 0 heterocycles. The summed E-state index contributed by atoms with van der Waals surface area (Å²) in [6.45, 7) is 6.57. The van der Waals surface area contributed by atoms with Crippen LogP contribution in [0.25, 0.3) is 0 Å². The van der Waals surface area contributed by atoms with E-state index in [0.29, 0.717) is 18.2 Å². The molecule has 3 nitrogen and oxygen atoms in total. The molecule has 0 spiro atoms. The van der Waals surface area contributed by atoms with Crippen LogP contribution in [0.2, 0.25) is 0 Å². The summed E-state index contributed by atoms with van der Waals surface area (Å²) < 4.78 is 23.5. The summed E-state index contributed by atoms with van der Waals surface area (Å²) >= 11 is 0. The standard InChI is InChI=1S/C14H23NO2S/c1-12(2)8-10-18(16,17)11-9-15-14-7-5-4-6-13(14)3/h4-7,12,15H,8-11H2,1-3H3. The van der Waals surface area contributed by atoms with Crippen LogP contribution in [-0.2, 0) is 9.84 Å². The second-order valence-electron chi connectivity index (χ2n) is 5.08. The van der Waals surface area contributed by atoms with Gasteiger partial charge in [-0.25, -0.2) is 8.42 Å². The Morgan fingerprint density at radius 3 is 2.44 bits per heavy atom. The van der Waals surface area contributed by atoms with Gasteiger partial charge in [0.1, 0.15) is 0 Å². The van der Waals surface area contributed by atoms with Gasteiger partial charge in [-0.15, -0.1) is 0 Å². The maximum Gasteiger partial charge on any atom is 0.152 e. The highest BCUT2D eigenvalue weighted by atomic mass is 32.2. The maximum absolute atomic E-state index is 11.8. The van der Waals surface area contributed by atoms with Gasteiger partial charge >= 0.3 is 0 Å². The van der Waals surface area contributed by atoms with Gasteiger partial charge in [0.15, 0.2) is 9.84 Å². The van der Waals surface area contributed by atoms with Gasteiger partial charge in [-0.05, 0) is 30.9 Å². The SMILES string of the molecule is Cc1ccccc1NCCS(=O)(=O)CCC(C)C. The zero-order chi connectivity index (χ0) is 13.6. The van der Waals surface area contributed by atoms with Crippen LogP contribution in [-0.4, -0.2) is 26.5 Å². The first-order valence-electron chi connectivity index (χ1n) is 6.40. The molecule has 0 aliphatic carbocycles. The summed E-state index contributed by atoms with van der Waals surface area (Å²) in [6.07, 6.45) is 0.743. The number of nitrogens with one attached hydrogen (secondary N) is 1. The van der Waals surface area contributed by atoms with E-state index in [-0.39, 0.29) is 5.75 Å². The smallest absolute Gasteiger partial charge is 0.152 e. The van der Waals surface area contributed by atoms with Crippen molar-refractivity contribution in [2.45, 2.75) is 27.2 Å². The molecule has 0 atom stereocenters. The molecule has 18 heavy (non-hydrogen) atoms. The van der Waals surface area contributed by atoms with Crippen LogP contribution in [0, 0.1) is 12.8 Å². The number of sulfone groups is 1. The second-order valence-corrected chi connectivity index (χ2v) is 7.38. The Bertz CT molecular complexity index is 466. The molecule has 0 amide bonds. The molecular formula is C14H23NO2S. The van der Waals surface area contributed by atoms with Crippen molar-refractivity contribution in [1.82, 2.24) is 0 Å². The fraction of sp³-hybridized carbons (Fsp3) is 0.571. The van der Waals surface area contributed by atoms with Crippen LogP contribution < -0.4 is 5.32 Å². The molecule has 4 heteroatoms. The zero-order valence-corrected chi connectivity index (χ0v) is 12.3. The molecule has 1 aromatic rings. The van der Waals surface area contributed by atoms with Crippen LogP contribution in [0.3, 0.4) is 0 Å². The fourth-order valence-corrected chi connectivity index (χ4v) is 3.08. The van der Waals surface area contributed by atoms with Crippen molar-refractivity contribution in [2.24, 2.45) is 5.92 Å². The highest BCUT2D eigenvalue weighted by Gasteiger charge is 2.11. The normalized spacial score (nSPS) is 11.8. The lowest BCUT2D eigenvalue weighted by molar-refractivity contribution is 0.574. The van der Waals surface area contributed by atoms with Crippen molar-refractivity contribution < 1.29 is 8.42 Å². The van der Waals surface area contributed by atoms with Gasteiger partial charge in [0.2, 0.25) is 0 Å². The minimum atomic E-state index is -2.92. The van der Waals surface area contributed by atoms with Crippen molar-refractivity contribution in [3.05, 3.63) is 29.8 Å². The minimum Gasteiger partial charge on any atom is -0.384 e. The summed E-state index contributed by atoms with van der Waals surface area (Å²) in [5.74, 6) is 0.929. The Hall–Kier alpha value is -1.03. The average molecular weight is 269 g/mol. The van der Waals surface area contributed by atoms with Crippen LogP contribution in [0.15, 0.2) is 24.3 Å². The number of anilines is 1. The van der Waals surface area contributed by atoms with Crippen molar-refractivity contribution in [1.29, 1.82) is 0 Å². The van der Waals surface area contributed by atoms with Gasteiger partial charge in [0.25, 0.3) is 0 Å². The summed E-state index contributed by atoms with van der Waals surface area (Å²) in [5.41, 5.74) is 2.15. The van der Waals surface area contributed by atoms with Crippen molar-refractivity contribution >= 4 is 15.5 Å². The van der Waals surface area contributed by atoms with Crippen LogP contribution >= 0.6 is 0 Å². The minimum absolute atomic E-state index is 0.202. The Kier molecular flexibility index (Phi) is 5.66. The summed E-state index contributed by atoms with van der Waals surface area (Å²) in [5, 5.41) is 3.18. The van der Waals surface area contributed by atoms with Gasteiger partial charge in [-0.3, -0.25) is 0 Å². The summed E-state index contributed by atoms with van der Waals surface area (Å²) in [7, 11) is -2.92. The number of rotatable bonds is 7. The molecule has 0 unspecified atom stereocenters. The van der Waals surface area contributed by atoms with E-state index < -0.39 is 9.84 Å². The van der Waals surface area contributed by atoms with Gasteiger partial charge in [0.05, 0.1) is 11.5 Å². The molecule has 0 aromatic heterocycles. The number of aryl methyl sites for hydroxylation is 1. The van der Waals surface area contributed by atoms with Crippen LogP contribution in [0.1, 0.15) is 25.8 Å². The quantitative estimate of drug-likeness (QED) is 0.828. The van der Waals surface area contributed by atoms with E-state index in [2.05, 4.69) is 5.32 Å². The highest BCUT2D eigenvalue weighted by molar-refractivity contribution is 7.91. The van der Waals surface area contributed by atoms with E-state index in [9.17, 15) is 8.42 Å². The van der Waals surface area contributed by atoms with E-state index in [1.807, 2.05) is 45.0 Å². The maximum atomic E-state index is 11.8. The number of benzene rings is 1. The van der Waals surface area contributed by atoms with Gasteiger partial charge in [-0.2, -0.15) is 0 Å². The summed E-state index contributed by atoms with van der Waals surface area (Å²) in [6, 6.07) is 7.90. The predicted octanol–water partition coefficient (Wildman–Crippen LogP) is 2.87. The first kappa shape index (κ1) is 15.0. The summed E-state index contributed by atoms with van der Waals surface area (Å²) in [4.78, 5) is 0. The third kappa shape index (κ3) is 5.54. The highest BCUT2D eigenvalue weighted by Crippen LogP contribution is 2.12. The Labute approximate surface area is 111 Å². The molecule has 0 radical (unpaired) electrons. The largest absolute Gasteiger partial charge is 0.384 e. The van der Waals surface area contributed by atoms with E-state index >= 15 is 0 Å². The molecule has 1 N–H and O–H groups in total. The molecule has 0 saturated heterocycles. The number of hydrogen-bond acceptors (Lipinski definition) is 3. The third-order valence-electron chi connectivity index (χ3n) is 2.88. The van der Waals surface area contributed by atoms with E-state index in [4.69, 9.17) is 0 Å². The molecule has 0 aliphatic heterocycles. The number of hydrogen-bond donors (Lipinski definition) is 1. The molecule has 0 bridgehead atoms. The Balaban J connectivity index is 2.40. The van der Waals surface area contributed by atoms with E-state index in [0.717, 1.165) is 17.7 Å². The molecule has 0 aliphatic rings. The fourth-order valence-electron chi connectivity index (χ4n) is 1.63. The molecule has 1 aromatic carbocycles. The molecule has 1 rings (SSSR count). The predicted molar refractivity (Wildman–Crippen MR) is 77.8 cm³/mol. The van der Waals surface area contributed by atoms with E-state index in [1.165, 1.54) is 0 Å². The topological polar surface area (TPSA) is 46.2 Å². The Morgan fingerprint density at radius 1 is 1.17 bits per heavy atom. The van der Waals surface area contributed by atoms with E-state index in [1.54, 1.807) is 0 Å². The van der Waals surface area contributed by atoms with Crippen molar-refractivity contribution in [3.8, 4) is 0 Å². The van der Waals surface area contributed by atoms with Crippen LogP contribution in [0.4, 0.5) is 5.69 Å². The molecular weight excluding hydrogens is 246 g/mol. The number of para-hydroxylation sites is 1. The lowest BCUT2D eigenvalue weighted by Gasteiger charge is -2.10. The first-order chi connectivity index (χ1) is 8.41. The third-order valence-corrected chi connectivity index (χ3v) is 4.56. The average Bonchev–Trinajstić information content (AvgIpc) is 2.29. The van der Waals surface area contributed by atoms with Gasteiger partial charge in [-0.1, -0.05) is 32.0 Å². The Morgan fingerprint density at radius 2 is 1.83 bits per heavy atom. The monoisotopic (exact) mass is 269 g/mol. The lowest BCUT2D eigenvalue weighted by atomic mass is 10.2. The molecule has 0 saturated carbocycles. The first-order valence-corrected chi connectivity index (χ1v) is 8.23.